The number of carboxylic acids is 1. The van der Waals surface area contributed by atoms with Gasteiger partial charge in [-0.25, -0.2) is 4.79 Å². The van der Waals surface area contributed by atoms with Crippen molar-refractivity contribution in [2.75, 3.05) is 26.2 Å². The molecule has 1 aliphatic rings. The maximum atomic E-state index is 12.7. The number of amides is 6. The smallest absolute Gasteiger partial charge is 0.326 e. The molecule has 214 valence electrons. The Morgan fingerprint density at radius 2 is 1.68 bits per heavy atom. The molecule has 0 spiro atoms. The molecule has 0 unspecified atom stereocenters. The normalized spacial score (nSPS) is 17.9. The molecule has 1 fully saturated rings. The number of hydrogen-bond donors (Lipinski definition) is 8. The molecule has 1 saturated heterocycles. The molecule has 0 radical (unpaired) electrons. The highest BCUT2D eigenvalue weighted by molar-refractivity contribution is 5.95. The van der Waals surface area contributed by atoms with Gasteiger partial charge in [0.05, 0.1) is 26.1 Å². The molecule has 0 aromatic heterocycles. The Kier molecular flexibility index (Phi) is 13.1. The van der Waals surface area contributed by atoms with Crippen LogP contribution in [0.1, 0.15) is 39.5 Å². The van der Waals surface area contributed by atoms with E-state index in [9.17, 15) is 43.8 Å². The first-order valence-corrected chi connectivity index (χ1v) is 12.1. The molecule has 10 N–H and O–H groups in total. The van der Waals surface area contributed by atoms with Gasteiger partial charge in [0.1, 0.15) is 24.2 Å². The van der Waals surface area contributed by atoms with E-state index < -0.39 is 85.2 Å². The van der Waals surface area contributed by atoms with Crippen LogP contribution in [0.2, 0.25) is 0 Å². The van der Waals surface area contributed by atoms with Crippen LogP contribution in [-0.4, -0.2) is 107 Å². The largest absolute Gasteiger partial charge is 0.480 e. The van der Waals surface area contributed by atoms with E-state index in [2.05, 4.69) is 21.3 Å². The summed E-state index contributed by atoms with van der Waals surface area (Å²) in [5.41, 5.74) is 10.3. The van der Waals surface area contributed by atoms with Gasteiger partial charge >= 0.3 is 5.97 Å². The van der Waals surface area contributed by atoms with Crippen molar-refractivity contribution in [2.45, 2.75) is 63.7 Å². The molecule has 5 atom stereocenters. The average Bonchev–Trinajstić information content (AvgIpc) is 3.37. The van der Waals surface area contributed by atoms with Crippen molar-refractivity contribution in [3.8, 4) is 0 Å². The quantitative estimate of drug-likeness (QED) is 0.0981. The van der Waals surface area contributed by atoms with Gasteiger partial charge in [0.25, 0.3) is 0 Å². The summed E-state index contributed by atoms with van der Waals surface area (Å²) < 4.78 is 0. The fraction of sp³-hybridized carbons (Fsp3) is 0.682. The predicted octanol–water partition coefficient (Wildman–Crippen LogP) is -4.49. The van der Waals surface area contributed by atoms with Crippen LogP contribution in [-0.2, 0) is 33.6 Å². The molecule has 0 bridgehead atoms. The van der Waals surface area contributed by atoms with Crippen LogP contribution in [0.4, 0.5) is 0 Å². The van der Waals surface area contributed by atoms with E-state index in [4.69, 9.17) is 11.5 Å². The first-order valence-electron chi connectivity index (χ1n) is 12.1. The minimum Gasteiger partial charge on any atom is -0.480 e. The first kappa shape index (κ1) is 32.2. The van der Waals surface area contributed by atoms with Gasteiger partial charge in [-0.3, -0.25) is 28.8 Å². The fourth-order valence-corrected chi connectivity index (χ4v) is 3.78. The molecule has 1 aliphatic heterocycles. The Hall–Kier alpha value is -3.79. The van der Waals surface area contributed by atoms with Crippen molar-refractivity contribution in [3.05, 3.63) is 0 Å². The van der Waals surface area contributed by atoms with Gasteiger partial charge in [0.2, 0.25) is 35.4 Å². The lowest BCUT2D eigenvalue weighted by Crippen LogP contribution is -2.58. The standard InChI is InChI=1S/C22H37N7O9/c1-3-11(2)18(28-16(32)8-23)21(36)27-13(10-30)19(34)25-9-17(33)29-6-4-5-14(29)20(35)26-12(22(37)38)7-15(24)31/h11-14,18,30H,3-10,23H2,1-2H3,(H2,24,31)(H,25,34)(H,26,35)(H,27,36)(H,28,32)(H,37,38)/t11-,12-,13-,14-,18-/m0/s1. The maximum absolute atomic E-state index is 12.7. The highest BCUT2D eigenvalue weighted by atomic mass is 16.4. The Labute approximate surface area is 219 Å². The minimum absolute atomic E-state index is 0.165. The lowest BCUT2D eigenvalue weighted by atomic mass is 9.98. The van der Waals surface area contributed by atoms with Gasteiger partial charge in [0.15, 0.2) is 0 Å². The molecule has 0 saturated carbocycles. The van der Waals surface area contributed by atoms with Crippen LogP contribution in [0.15, 0.2) is 0 Å². The topological polar surface area (TPSA) is 263 Å². The van der Waals surface area contributed by atoms with Gasteiger partial charge < -0.3 is 47.8 Å². The van der Waals surface area contributed by atoms with E-state index in [0.29, 0.717) is 12.8 Å². The fourth-order valence-electron chi connectivity index (χ4n) is 3.78. The number of carboxylic acid groups (broad SMARTS) is 1. The zero-order chi connectivity index (χ0) is 29.0. The number of carbonyl (C=O) groups excluding carboxylic acids is 6. The number of nitrogens with two attached hydrogens (primary N) is 2. The van der Waals surface area contributed by atoms with Crippen molar-refractivity contribution < 1.29 is 43.8 Å². The number of likely N-dealkylation sites (tertiary alicyclic amines) is 1. The summed E-state index contributed by atoms with van der Waals surface area (Å²) >= 11 is 0. The van der Waals surface area contributed by atoms with Crippen LogP contribution in [0.25, 0.3) is 0 Å². The summed E-state index contributed by atoms with van der Waals surface area (Å²) in [6.07, 6.45) is 0.565. The van der Waals surface area contributed by atoms with Crippen molar-refractivity contribution in [2.24, 2.45) is 17.4 Å². The lowest BCUT2D eigenvalue weighted by Gasteiger charge is -2.27. The number of aliphatic carboxylic acids is 1. The Bertz CT molecular complexity index is 914. The molecule has 0 aromatic carbocycles. The third kappa shape index (κ3) is 9.59. The van der Waals surface area contributed by atoms with Crippen LogP contribution in [0, 0.1) is 5.92 Å². The minimum atomic E-state index is -1.56. The second-order valence-electron chi connectivity index (χ2n) is 8.91. The van der Waals surface area contributed by atoms with Gasteiger partial charge in [0, 0.05) is 6.54 Å². The molecular formula is C22H37N7O9. The zero-order valence-corrected chi connectivity index (χ0v) is 21.4. The number of aliphatic hydroxyl groups is 1. The van der Waals surface area contributed by atoms with E-state index in [0.717, 1.165) is 4.90 Å². The third-order valence-corrected chi connectivity index (χ3v) is 6.12. The molecule has 6 amide bonds. The molecule has 38 heavy (non-hydrogen) atoms. The summed E-state index contributed by atoms with van der Waals surface area (Å²) in [6, 6.07) is -5.02. The third-order valence-electron chi connectivity index (χ3n) is 6.12. The number of rotatable bonds is 15. The van der Waals surface area contributed by atoms with Crippen molar-refractivity contribution in [1.82, 2.24) is 26.2 Å². The van der Waals surface area contributed by atoms with E-state index in [1.807, 2.05) is 0 Å². The lowest BCUT2D eigenvalue weighted by molar-refractivity contribution is -0.145. The highest BCUT2D eigenvalue weighted by Gasteiger charge is 2.36. The molecular weight excluding hydrogens is 506 g/mol. The first-order chi connectivity index (χ1) is 17.9. The van der Waals surface area contributed by atoms with E-state index in [1.54, 1.807) is 13.8 Å². The molecule has 1 heterocycles. The predicted molar refractivity (Wildman–Crippen MR) is 131 cm³/mol. The Morgan fingerprint density at radius 1 is 1.03 bits per heavy atom. The monoisotopic (exact) mass is 543 g/mol. The number of primary amides is 1. The molecule has 16 nitrogen and oxygen atoms in total. The van der Waals surface area contributed by atoms with Gasteiger partial charge in [-0.2, -0.15) is 0 Å². The van der Waals surface area contributed by atoms with Crippen LogP contribution in [0.3, 0.4) is 0 Å². The van der Waals surface area contributed by atoms with Gasteiger partial charge in [-0.1, -0.05) is 20.3 Å². The summed E-state index contributed by atoms with van der Waals surface area (Å²) in [4.78, 5) is 85.7. The van der Waals surface area contributed by atoms with Crippen LogP contribution < -0.4 is 32.7 Å². The van der Waals surface area contributed by atoms with Gasteiger partial charge in [-0.15, -0.1) is 0 Å². The van der Waals surface area contributed by atoms with E-state index in [1.165, 1.54) is 0 Å². The summed E-state index contributed by atoms with van der Waals surface area (Å²) in [7, 11) is 0. The van der Waals surface area contributed by atoms with Crippen LogP contribution >= 0.6 is 0 Å². The summed E-state index contributed by atoms with van der Waals surface area (Å²) in [5.74, 6) is -6.32. The van der Waals surface area contributed by atoms with Crippen LogP contribution in [0.5, 0.6) is 0 Å². The number of nitrogens with one attached hydrogen (secondary N) is 4. The summed E-state index contributed by atoms with van der Waals surface area (Å²) in [5, 5.41) is 28.1. The number of aliphatic hydroxyl groups excluding tert-OH is 1. The molecule has 0 aromatic rings. The Morgan fingerprint density at radius 3 is 2.21 bits per heavy atom. The zero-order valence-electron chi connectivity index (χ0n) is 21.4. The van der Waals surface area contributed by atoms with Crippen molar-refractivity contribution in [1.29, 1.82) is 0 Å². The SMILES string of the molecule is CC[C@H](C)[C@H](NC(=O)CN)C(=O)N[C@@H](CO)C(=O)NCC(=O)N1CCC[C@H]1C(=O)N[C@@H](CC(N)=O)C(=O)O. The van der Waals surface area contributed by atoms with Gasteiger partial charge in [-0.05, 0) is 18.8 Å². The number of nitrogens with zero attached hydrogens (tertiary/aromatic N) is 1. The molecule has 16 heteroatoms. The summed E-state index contributed by atoms with van der Waals surface area (Å²) in [6.45, 7) is 1.96. The number of hydrogen-bond acceptors (Lipinski definition) is 9. The molecule has 0 aliphatic carbocycles. The van der Waals surface area contributed by atoms with E-state index in [-0.39, 0.29) is 25.4 Å². The van der Waals surface area contributed by atoms with Crippen molar-refractivity contribution in [3.63, 3.8) is 0 Å². The van der Waals surface area contributed by atoms with E-state index >= 15 is 0 Å². The van der Waals surface area contributed by atoms with Crippen molar-refractivity contribution >= 4 is 41.4 Å². The average molecular weight is 544 g/mol. The second kappa shape index (κ2) is 15.5. The highest BCUT2D eigenvalue weighted by Crippen LogP contribution is 2.18. The maximum Gasteiger partial charge on any atom is 0.326 e. The second-order valence-corrected chi connectivity index (χ2v) is 8.91. The molecule has 1 rings (SSSR count). The Balaban J connectivity index is 2.77. The number of carbonyl (C=O) groups is 7.